The third-order valence-corrected chi connectivity index (χ3v) is 5.32. The topological polar surface area (TPSA) is 78.8 Å². The number of rotatable bonds is 4. The Morgan fingerprint density at radius 3 is 2.12 bits per heavy atom. The van der Waals surface area contributed by atoms with Crippen LogP contribution >= 0.6 is 15.9 Å². The monoisotopic (exact) mass is 430 g/mol. The van der Waals surface area contributed by atoms with Crippen molar-refractivity contribution in [1.29, 1.82) is 0 Å². The van der Waals surface area contributed by atoms with Gasteiger partial charge in [0.2, 0.25) is 0 Å². The van der Waals surface area contributed by atoms with Crippen molar-refractivity contribution >= 4 is 37.5 Å². The summed E-state index contributed by atoms with van der Waals surface area (Å²) in [7, 11) is -3.90. The highest BCUT2D eigenvalue weighted by Crippen LogP contribution is 2.19. The molecule has 0 fully saturated rings. The van der Waals surface area contributed by atoms with Crippen LogP contribution in [-0.4, -0.2) is 19.4 Å². The second-order valence-electron chi connectivity index (χ2n) is 5.41. The Balaban J connectivity index is 2.03. The zero-order chi connectivity index (χ0) is 18.6. The maximum Gasteiger partial charge on any atom is 0.284 e. The van der Waals surface area contributed by atoms with E-state index in [1.165, 1.54) is 24.3 Å². The van der Waals surface area contributed by atoms with Gasteiger partial charge in [0, 0.05) is 15.7 Å². The number of phenolic OH excluding ortho intramolecular Hbond substituents is 1. The summed E-state index contributed by atoms with van der Waals surface area (Å²) in [6, 6.07) is 21.6. The van der Waals surface area contributed by atoms with Crippen molar-refractivity contribution in [3.63, 3.8) is 0 Å². The van der Waals surface area contributed by atoms with Crippen LogP contribution in [0.5, 0.6) is 5.75 Å². The van der Waals surface area contributed by atoms with Crippen molar-refractivity contribution in [2.75, 3.05) is 5.32 Å². The average molecular weight is 431 g/mol. The standard InChI is InChI=1S/C19H15BrN2O3S/c20-15-6-12-18(13-7-15)26(24,25)22-19(14-4-2-1-3-5-14)21-16-8-10-17(23)11-9-16/h1-13,23H,(H,21,22). The molecule has 5 nitrogen and oxygen atoms in total. The number of phenols is 1. The second kappa shape index (κ2) is 7.72. The largest absolute Gasteiger partial charge is 0.508 e. The third-order valence-electron chi connectivity index (χ3n) is 3.50. The molecule has 0 saturated carbocycles. The molecule has 0 atom stereocenters. The van der Waals surface area contributed by atoms with Crippen LogP contribution in [0.2, 0.25) is 0 Å². The van der Waals surface area contributed by atoms with Gasteiger partial charge in [0.1, 0.15) is 5.75 Å². The molecule has 0 aliphatic heterocycles. The van der Waals surface area contributed by atoms with E-state index in [0.29, 0.717) is 11.3 Å². The third kappa shape index (κ3) is 4.50. The number of sulfonamides is 1. The summed E-state index contributed by atoms with van der Waals surface area (Å²) < 4.78 is 30.2. The number of benzene rings is 3. The zero-order valence-corrected chi connectivity index (χ0v) is 15.9. The molecule has 3 aromatic rings. The minimum atomic E-state index is -3.90. The molecule has 132 valence electrons. The number of anilines is 1. The Morgan fingerprint density at radius 1 is 0.885 bits per heavy atom. The van der Waals surface area contributed by atoms with E-state index in [1.807, 2.05) is 6.07 Å². The molecule has 0 aliphatic carbocycles. The van der Waals surface area contributed by atoms with Crippen LogP contribution in [0.3, 0.4) is 0 Å². The minimum absolute atomic E-state index is 0.0987. The van der Waals surface area contributed by atoms with Gasteiger partial charge in [-0.15, -0.1) is 4.40 Å². The average Bonchev–Trinajstić information content (AvgIpc) is 2.64. The highest BCUT2D eigenvalue weighted by atomic mass is 79.9. The molecule has 0 bridgehead atoms. The molecule has 0 radical (unpaired) electrons. The van der Waals surface area contributed by atoms with Gasteiger partial charge < -0.3 is 10.4 Å². The number of hydrogen-bond acceptors (Lipinski definition) is 3. The van der Waals surface area contributed by atoms with Crippen LogP contribution in [0, 0.1) is 0 Å². The Morgan fingerprint density at radius 2 is 1.50 bits per heavy atom. The molecular formula is C19H15BrN2O3S. The van der Waals surface area contributed by atoms with Gasteiger partial charge in [-0.3, -0.25) is 0 Å². The second-order valence-corrected chi connectivity index (χ2v) is 7.93. The fourth-order valence-corrected chi connectivity index (χ4v) is 3.45. The highest BCUT2D eigenvalue weighted by Gasteiger charge is 2.16. The number of nitrogens with one attached hydrogen (secondary N) is 1. The summed E-state index contributed by atoms with van der Waals surface area (Å²) in [5.41, 5.74) is 1.23. The number of amidine groups is 1. The van der Waals surface area contributed by atoms with Gasteiger partial charge in [-0.05, 0) is 48.5 Å². The maximum atomic E-state index is 12.7. The predicted octanol–water partition coefficient (Wildman–Crippen LogP) is 4.40. The van der Waals surface area contributed by atoms with E-state index in [2.05, 4.69) is 25.6 Å². The Bertz CT molecular complexity index is 1020. The van der Waals surface area contributed by atoms with Crippen LogP contribution < -0.4 is 5.32 Å². The van der Waals surface area contributed by atoms with E-state index in [-0.39, 0.29) is 16.5 Å². The Hall–Kier alpha value is -2.64. The van der Waals surface area contributed by atoms with Crippen LogP contribution in [0.1, 0.15) is 5.56 Å². The van der Waals surface area contributed by atoms with Crippen molar-refractivity contribution < 1.29 is 13.5 Å². The highest BCUT2D eigenvalue weighted by molar-refractivity contribution is 9.10. The van der Waals surface area contributed by atoms with Crippen LogP contribution in [0.15, 0.2) is 92.6 Å². The van der Waals surface area contributed by atoms with E-state index in [0.717, 1.165) is 4.47 Å². The molecule has 0 unspecified atom stereocenters. The van der Waals surface area contributed by atoms with Crippen molar-refractivity contribution in [2.45, 2.75) is 4.90 Å². The Labute approximate surface area is 160 Å². The van der Waals surface area contributed by atoms with Gasteiger partial charge >= 0.3 is 0 Å². The lowest BCUT2D eigenvalue weighted by Gasteiger charge is -2.11. The van der Waals surface area contributed by atoms with E-state index in [9.17, 15) is 13.5 Å². The minimum Gasteiger partial charge on any atom is -0.508 e. The van der Waals surface area contributed by atoms with Gasteiger partial charge in [-0.25, -0.2) is 0 Å². The van der Waals surface area contributed by atoms with E-state index in [4.69, 9.17) is 0 Å². The van der Waals surface area contributed by atoms with Gasteiger partial charge in [0.15, 0.2) is 5.84 Å². The van der Waals surface area contributed by atoms with Gasteiger partial charge in [-0.2, -0.15) is 8.42 Å². The van der Waals surface area contributed by atoms with Crippen molar-refractivity contribution in [3.05, 3.63) is 88.9 Å². The van der Waals surface area contributed by atoms with Crippen LogP contribution in [-0.2, 0) is 10.0 Å². The lowest BCUT2D eigenvalue weighted by Crippen LogP contribution is -2.16. The summed E-state index contributed by atoms with van der Waals surface area (Å²) in [4.78, 5) is 0.0987. The smallest absolute Gasteiger partial charge is 0.284 e. The first-order chi connectivity index (χ1) is 12.4. The fraction of sp³-hybridized carbons (Fsp3) is 0. The van der Waals surface area contributed by atoms with E-state index >= 15 is 0 Å². The van der Waals surface area contributed by atoms with E-state index in [1.54, 1.807) is 48.5 Å². The summed E-state index contributed by atoms with van der Waals surface area (Å²) in [6.45, 7) is 0. The van der Waals surface area contributed by atoms with Crippen LogP contribution in [0.25, 0.3) is 0 Å². The Kier molecular flexibility index (Phi) is 5.39. The molecule has 2 N–H and O–H groups in total. The molecule has 0 heterocycles. The molecule has 0 spiro atoms. The molecule has 0 aliphatic rings. The molecule has 3 rings (SSSR count). The van der Waals surface area contributed by atoms with Gasteiger partial charge in [0.05, 0.1) is 4.90 Å². The van der Waals surface area contributed by atoms with E-state index < -0.39 is 10.0 Å². The quantitative estimate of drug-likeness (QED) is 0.365. The molecule has 0 aromatic heterocycles. The SMILES string of the molecule is O=S(=O)(N=C(Nc1ccc(O)cc1)c1ccccc1)c1ccc(Br)cc1. The number of hydrogen-bond donors (Lipinski definition) is 2. The lowest BCUT2D eigenvalue weighted by atomic mass is 10.2. The molecule has 3 aromatic carbocycles. The lowest BCUT2D eigenvalue weighted by molar-refractivity contribution is 0.475. The van der Waals surface area contributed by atoms with Crippen molar-refractivity contribution in [1.82, 2.24) is 0 Å². The zero-order valence-electron chi connectivity index (χ0n) is 13.5. The first kappa shape index (κ1) is 18.2. The number of aromatic hydroxyl groups is 1. The van der Waals surface area contributed by atoms with Crippen molar-refractivity contribution in [3.8, 4) is 5.75 Å². The summed E-state index contributed by atoms with van der Waals surface area (Å²) in [6.07, 6.45) is 0. The first-order valence-corrected chi connectivity index (χ1v) is 9.89. The summed E-state index contributed by atoms with van der Waals surface area (Å²) in [5.74, 6) is 0.315. The van der Waals surface area contributed by atoms with Gasteiger partial charge in [0.25, 0.3) is 10.0 Å². The molecule has 26 heavy (non-hydrogen) atoms. The van der Waals surface area contributed by atoms with Crippen molar-refractivity contribution in [2.24, 2.45) is 4.40 Å². The number of halogens is 1. The van der Waals surface area contributed by atoms with Gasteiger partial charge in [-0.1, -0.05) is 46.3 Å². The molecule has 0 amide bonds. The maximum absolute atomic E-state index is 12.7. The molecule has 0 saturated heterocycles. The predicted molar refractivity (Wildman–Crippen MR) is 106 cm³/mol. The fourth-order valence-electron chi connectivity index (χ4n) is 2.20. The summed E-state index contributed by atoms with van der Waals surface area (Å²) in [5, 5.41) is 12.4. The number of nitrogens with zero attached hydrogens (tertiary/aromatic N) is 1. The summed E-state index contributed by atoms with van der Waals surface area (Å²) >= 11 is 3.29. The van der Waals surface area contributed by atoms with Crippen LogP contribution in [0.4, 0.5) is 5.69 Å². The normalized spacial score (nSPS) is 12.0. The molecule has 7 heteroatoms. The molecular weight excluding hydrogens is 416 g/mol. The first-order valence-electron chi connectivity index (χ1n) is 7.66.